The largest absolute Gasteiger partial charge is 0.409 e. The summed E-state index contributed by atoms with van der Waals surface area (Å²) >= 11 is 0. The third-order valence-corrected chi connectivity index (χ3v) is 2.81. The Kier molecular flexibility index (Phi) is 5.08. The number of nitrogens with one attached hydrogen (secondary N) is 1. The number of nitrogens with zero attached hydrogens (tertiary/aromatic N) is 2. The van der Waals surface area contributed by atoms with Crippen LogP contribution in [-0.2, 0) is 16.0 Å². The summed E-state index contributed by atoms with van der Waals surface area (Å²) < 4.78 is 10.8. The minimum atomic E-state index is 0.00893. The maximum Gasteiger partial charge on any atom is 0.189 e. The molecule has 1 aliphatic heterocycles. The fraction of sp³-hybridized carbons (Fsp3) is 0.500. The lowest BCUT2D eigenvalue weighted by Gasteiger charge is -2.23. The number of amidine groups is 1. The van der Waals surface area contributed by atoms with Crippen LogP contribution in [0.1, 0.15) is 11.3 Å². The Morgan fingerprint density at radius 2 is 2.47 bits per heavy atom. The molecule has 0 aliphatic carbocycles. The lowest BCUT2D eigenvalue weighted by atomic mass is 10.1. The first-order chi connectivity index (χ1) is 9.31. The highest BCUT2D eigenvalue weighted by molar-refractivity contribution is 5.96. The topological polar surface area (TPSA) is 102 Å². The van der Waals surface area contributed by atoms with Crippen LogP contribution in [-0.4, -0.2) is 48.5 Å². The normalized spacial score (nSPS) is 20.4. The monoisotopic (exact) mass is 266 g/mol. The molecule has 1 atom stereocenters. The van der Waals surface area contributed by atoms with Crippen LogP contribution in [0, 0.1) is 0 Å². The van der Waals surface area contributed by atoms with Gasteiger partial charge < -0.3 is 25.7 Å². The molecule has 4 N–H and O–H groups in total. The van der Waals surface area contributed by atoms with E-state index in [0.29, 0.717) is 38.6 Å². The van der Waals surface area contributed by atoms with Gasteiger partial charge in [-0.25, -0.2) is 0 Å². The summed E-state index contributed by atoms with van der Waals surface area (Å²) in [5.74, 6) is 0.00893. The summed E-state index contributed by atoms with van der Waals surface area (Å²) in [6.07, 6.45) is 1.67. The van der Waals surface area contributed by atoms with E-state index in [4.69, 9.17) is 20.4 Å². The fourth-order valence-corrected chi connectivity index (χ4v) is 1.88. The first kappa shape index (κ1) is 13.7. The molecule has 1 aromatic rings. The van der Waals surface area contributed by atoms with Gasteiger partial charge in [-0.1, -0.05) is 11.2 Å². The van der Waals surface area contributed by atoms with Gasteiger partial charge in [0.25, 0.3) is 0 Å². The molecule has 0 amide bonds. The molecular weight excluding hydrogens is 248 g/mol. The van der Waals surface area contributed by atoms with Crippen LogP contribution >= 0.6 is 0 Å². The van der Waals surface area contributed by atoms with Crippen molar-refractivity contribution in [2.75, 3.05) is 26.4 Å². The summed E-state index contributed by atoms with van der Waals surface area (Å²) in [4.78, 5) is 4.10. The Bertz CT molecular complexity index is 433. The van der Waals surface area contributed by atoms with Crippen molar-refractivity contribution < 1.29 is 14.7 Å². The molecule has 7 nitrogen and oxygen atoms in total. The van der Waals surface area contributed by atoms with Crippen LogP contribution in [0.3, 0.4) is 0 Å². The summed E-state index contributed by atoms with van der Waals surface area (Å²) in [7, 11) is 0. The summed E-state index contributed by atoms with van der Waals surface area (Å²) in [5.41, 5.74) is 6.93. The van der Waals surface area contributed by atoms with E-state index in [-0.39, 0.29) is 11.9 Å². The van der Waals surface area contributed by atoms with Crippen molar-refractivity contribution >= 4 is 5.84 Å². The molecule has 2 heterocycles. The average Bonchev–Trinajstić information content (AvgIpc) is 2.48. The smallest absolute Gasteiger partial charge is 0.189 e. The van der Waals surface area contributed by atoms with Crippen molar-refractivity contribution in [2.45, 2.75) is 12.6 Å². The second-order valence-corrected chi connectivity index (χ2v) is 4.19. The highest BCUT2D eigenvalue weighted by Crippen LogP contribution is 2.05. The Labute approximate surface area is 111 Å². The van der Waals surface area contributed by atoms with Gasteiger partial charge in [-0.2, -0.15) is 0 Å². The fourth-order valence-electron chi connectivity index (χ4n) is 1.88. The molecule has 0 saturated carbocycles. The lowest BCUT2D eigenvalue weighted by Crippen LogP contribution is -2.37. The summed E-state index contributed by atoms with van der Waals surface area (Å²) in [6, 6.07) is 3.69. The second kappa shape index (κ2) is 7.03. The number of nitrogens with two attached hydrogens (primary N) is 1. The zero-order chi connectivity index (χ0) is 13.5. The molecule has 0 radical (unpaired) electrons. The molecule has 7 heteroatoms. The molecule has 0 bridgehead atoms. The number of pyridine rings is 1. The first-order valence-electron chi connectivity index (χ1n) is 6.13. The number of aromatic nitrogens is 1. The van der Waals surface area contributed by atoms with E-state index >= 15 is 0 Å². The SMILES string of the molecule is NC(=NO)c1ncccc1CNCC1COCCO1. The third-order valence-electron chi connectivity index (χ3n) is 2.81. The minimum Gasteiger partial charge on any atom is -0.409 e. The zero-order valence-electron chi connectivity index (χ0n) is 10.6. The molecular formula is C12H18N4O3. The van der Waals surface area contributed by atoms with Gasteiger partial charge in [0.05, 0.1) is 25.9 Å². The number of rotatable bonds is 5. The van der Waals surface area contributed by atoms with E-state index in [2.05, 4.69) is 15.5 Å². The van der Waals surface area contributed by atoms with Crippen LogP contribution in [0.4, 0.5) is 0 Å². The van der Waals surface area contributed by atoms with E-state index in [1.807, 2.05) is 12.1 Å². The van der Waals surface area contributed by atoms with Gasteiger partial charge in [0.15, 0.2) is 5.84 Å². The van der Waals surface area contributed by atoms with Gasteiger partial charge >= 0.3 is 0 Å². The molecule has 1 aromatic heterocycles. The molecule has 1 aliphatic rings. The van der Waals surface area contributed by atoms with Crippen molar-refractivity contribution in [3.63, 3.8) is 0 Å². The number of oxime groups is 1. The number of hydrogen-bond donors (Lipinski definition) is 3. The van der Waals surface area contributed by atoms with E-state index in [9.17, 15) is 0 Å². The lowest BCUT2D eigenvalue weighted by molar-refractivity contribution is -0.0864. The van der Waals surface area contributed by atoms with Crippen molar-refractivity contribution in [3.8, 4) is 0 Å². The quantitative estimate of drug-likeness (QED) is 0.292. The average molecular weight is 266 g/mol. The molecule has 0 spiro atoms. The molecule has 1 unspecified atom stereocenters. The highest BCUT2D eigenvalue weighted by Gasteiger charge is 2.14. The first-order valence-corrected chi connectivity index (χ1v) is 6.13. The van der Waals surface area contributed by atoms with Crippen LogP contribution in [0.15, 0.2) is 23.5 Å². The Morgan fingerprint density at radius 3 is 3.21 bits per heavy atom. The van der Waals surface area contributed by atoms with Crippen molar-refractivity contribution in [3.05, 3.63) is 29.6 Å². The Balaban J connectivity index is 1.88. The molecule has 1 saturated heterocycles. The second-order valence-electron chi connectivity index (χ2n) is 4.19. The van der Waals surface area contributed by atoms with Gasteiger partial charge in [-0.05, 0) is 11.6 Å². The van der Waals surface area contributed by atoms with Crippen LogP contribution in [0.2, 0.25) is 0 Å². The van der Waals surface area contributed by atoms with Crippen molar-refractivity contribution in [2.24, 2.45) is 10.9 Å². The predicted molar refractivity (Wildman–Crippen MR) is 69.0 cm³/mol. The van der Waals surface area contributed by atoms with E-state index < -0.39 is 0 Å². The molecule has 1 fully saturated rings. The van der Waals surface area contributed by atoms with Gasteiger partial charge in [-0.15, -0.1) is 0 Å². The highest BCUT2D eigenvalue weighted by atomic mass is 16.6. The Morgan fingerprint density at radius 1 is 1.58 bits per heavy atom. The van der Waals surface area contributed by atoms with Gasteiger partial charge in [0.2, 0.25) is 0 Å². The Hall–Kier alpha value is -1.70. The van der Waals surface area contributed by atoms with E-state index in [1.54, 1.807) is 6.20 Å². The van der Waals surface area contributed by atoms with Gasteiger partial charge in [0, 0.05) is 19.3 Å². The van der Waals surface area contributed by atoms with Crippen LogP contribution < -0.4 is 11.1 Å². The summed E-state index contributed by atoms with van der Waals surface area (Å²) in [5, 5.41) is 14.9. The summed E-state index contributed by atoms with van der Waals surface area (Å²) in [6.45, 7) is 3.15. The van der Waals surface area contributed by atoms with Crippen LogP contribution in [0.5, 0.6) is 0 Å². The number of hydrogen-bond acceptors (Lipinski definition) is 6. The van der Waals surface area contributed by atoms with Crippen LogP contribution in [0.25, 0.3) is 0 Å². The molecule has 104 valence electrons. The molecule has 0 aromatic carbocycles. The van der Waals surface area contributed by atoms with Gasteiger partial charge in [0.1, 0.15) is 5.69 Å². The standard InChI is InChI=1S/C12H18N4O3/c13-12(16-17)11-9(2-1-3-15-11)6-14-7-10-8-18-4-5-19-10/h1-3,10,14,17H,4-8H2,(H2,13,16). The van der Waals surface area contributed by atoms with E-state index in [1.165, 1.54) is 0 Å². The minimum absolute atomic E-state index is 0.00893. The van der Waals surface area contributed by atoms with Crippen molar-refractivity contribution in [1.82, 2.24) is 10.3 Å². The maximum atomic E-state index is 8.71. The number of ether oxygens (including phenoxy) is 2. The molecule has 19 heavy (non-hydrogen) atoms. The third kappa shape index (κ3) is 3.88. The predicted octanol–water partition coefficient (Wildman–Crippen LogP) is -0.319. The zero-order valence-corrected chi connectivity index (χ0v) is 10.6. The van der Waals surface area contributed by atoms with Gasteiger partial charge in [-0.3, -0.25) is 4.98 Å². The van der Waals surface area contributed by atoms with Crippen molar-refractivity contribution in [1.29, 1.82) is 0 Å². The molecule has 2 rings (SSSR count). The van der Waals surface area contributed by atoms with E-state index in [0.717, 1.165) is 5.56 Å². The maximum absolute atomic E-state index is 8.71.